The number of thioether (sulfide) groups is 1. The first kappa shape index (κ1) is 18.5. The van der Waals surface area contributed by atoms with Crippen molar-refractivity contribution in [3.8, 4) is 12.1 Å². The summed E-state index contributed by atoms with van der Waals surface area (Å²) in [5.41, 5.74) is 1.79. The van der Waals surface area contributed by atoms with E-state index in [0.717, 1.165) is 15.7 Å². The number of nitrogens with zero attached hydrogens (tertiary/aromatic N) is 3. The minimum absolute atomic E-state index is 0.185. The molecule has 2 rings (SSSR count). The van der Waals surface area contributed by atoms with Crippen molar-refractivity contribution in [3.63, 3.8) is 0 Å². The number of hydrogen-bond donors (Lipinski definition) is 1. The summed E-state index contributed by atoms with van der Waals surface area (Å²) in [7, 11) is 0. The number of nitriles is 2. The van der Waals surface area contributed by atoms with E-state index in [1.54, 1.807) is 6.08 Å². The van der Waals surface area contributed by atoms with Crippen molar-refractivity contribution in [3.05, 3.63) is 33.1 Å². The van der Waals surface area contributed by atoms with E-state index < -0.39 is 0 Å². The maximum atomic E-state index is 11.7. The highest BCUT2D eigenvalue weighted by atomic mass is 79.9. The van der Waals surface area contributed by atoms with Gasteiger partial charge in [-0.25, -0.2) is 0 Å². The van der Waals surface area contributed by atoms with E-state index in [9.17, 15) is 4.79 Å². The van der Waals surface area contributed by atoms with Crippen LogP contribution in [0.3, 0.4) is 0 Å². The van der Waals surface area contributed by atoms with Crippen molar-refractivity contribution in [1.82, 2.24) is 5.32 Å². The fourth-order valence-corrected chi connectivity index (χ4v) is 3.86. The lowest BCUT2D eigenvalue weighted by Crippen LogP contribution is -2.25. The molecule has 0 radical (unpaired) electrons. The molecular formula is C16H13BrN4OS2. The summed E-state index contributed by atoms with van der Waals surface area (Å²) in [4.78, 5) is 14.3. The molecular weight excluding hydrogens is 408 g/mol. The predicted octanol–water partition coefficient (Wildman–Crippen LogP) is 3.57. The van der Waals surface area contributed by atoms with Crippen LogP contribution in [0.4, 0.5) is 5.69 Å². The van der Waals surface area contributed by atoms with Crippen molar-refractivity contribution in [2.24, 2.45) is 0 Å². The quantitative estimate of drug-likeness (QED) is 0.559. The van der Waals surface area contributed by atoms with Gasteiger partial charge in [0.05, 0.1) is 35.6 Å². The molecule has 1 fully saturated rings. The van der Waals surface area contributed by atoms with Crippen LogP contribution in [0, 0.1) is 22.7 Å². The molecule has 1 aliphatic heterocycles. The van der Waals surface area contributed by atoms with Gasteiger partial charge in [0.15, 0.2) is 0 Å². The van der Waals surface area contributed by atoms with Gasteiger partial charge in [-0.1, -0.05) is 30.0 Å². The number of rotatable bonds is 6. The van der Waals surface area contributed by atoms with E-state index in [1.165, 1.54) is 11.8 Å². The molecule has 1 saturated heterocycles. The Morgan fingerprint density at radius 2 is 1.96 bits per heavy atom. The molecule has 0 atom stereocenters. The number of nitrogens with one attached hydrogen (secondary N) is 1. The predicted molar refractivity (Wildman–Crippen MR) is 103 cm³/mol. The SMILES string of the molecule is N#CCCN(CCC#N)c1ccc(/C=C2/SC(=S)NC2=O)cc1Br. The summed E-state index contributed by atoms with van der Waals surface area (Å²) in [6, 6.07) is 9.97. The van der Waals surface area contributed by atoms with Crippen LogP contribution in [0.25, 0.3) is 6.08 Å². The topological polar surface area (TPSA) is 79.9 Å². The average molecular weight is 421 g/mol. The van der Waals surface area contributed by atoms with Crippen LogP contribution in [0.1, 0.15) is 18.4 Å². The summed E-state index contributed by atoms with van der Waals surface area (Å²) < 4.78 is 1.31. The highest BCUT2D eigenvalue weighted by Crippen LogP contribution is 2.31. The number of benzene rings is 1. The van der Waals surface area contributed by atoms with E-state index in [2.05, 4.69) is 33.4 Å². The first-order valence-electron chi connectivity index (χ1n) is 7.08. The number of carbonyl (C=O) groups excluding carboxylic acids is 1. The third kappa shape index (κ3) is 4.81. The molecule has 0 aliphatic carbocycles. The molecule has 1 aliphatic rings. The van der Waals surface area contributed by atoms with Crippen LogP contribution in [-0.4, -0.2) is 23.3 Å². The van der Waals surface area contributed by atoms with Crippen LogP contribution in [0.2, 0.25) is 0 Å². The first-order chi connectivity index (χ1) is 11.5. The van der Waals surface area contributed by atoms with Gasteiger partial charge in [0, 0.05) is 17.6 Å². The van der Waals surface area contributed by atoms with E-state index in [-0.39, 0.29) is 5.91 Å². The molecule has 8 heteroatoms. The van der Waals surface area contributed by atoms with Gasteiger partial charge < -0.3 is 10.2 Å². The number of anilines is 1. The van der Waals surface area contributed by atoms with E-state index >= 15 is 0 Å². The van der Waals surface area contributed by atoms with E-state index in [4.69, 9.17) is 22.7 Å². The van der Waals surface area contributed by atoms with Gasteiger partial charge in [-0.05, 0) is 39.7 Å². The average Bonchev–Trinajstić information content (AvgIpc) is 2.86. The second kappa shape index (κ2) is 8.84. The molecule has 1 amide bonds. The van der Waals surface area contributed by atoms with E-state index in [1.807, 2.05) is 23.1 Å². The lowest BCUT2D eigenvalue weighted by atomic mass is 10.1. The Morgan fingerprint density at radius 3 is 2.46 bits per heavy atom. The molecule has 0 spiro atoms. The lowest BCUT2D eigenvalue weighted by Gasteiger charge is -2.24. The Balaban J connectivity index is 2.23. The van der Waals surface area contributed by atoms with Gasteiger partial charge in [0.1, 0.15) is 4.32 Å². The minimum atomic E-state index is -0.185. The second-order valence-corrected chi connectivity index (χ2v) is 7.44. The van der Waals surface area contributed by atoms with Gasteiger partial charge in [0.2, 0.25) is 0 Å². The van der Waals surface area contributed by atoms with Crippen molar-refractivity contribution >= 4 is 61.9 Å². The van der Waals surface area contributed by atoms with Crippen LogP contribution >= 0.6 is 39.9 Å². The highest BCUT2D eigenvalue weighted by Gasteiger charge is 2.22. The zero-order valence-electron chi connectivity index (χ0n) is 12.6. The number of carbonyl (C=O) groups is 1. The van der Waals surface area contributed by atoms with Crippen molar-refractivity contribution in [1.29, 1.82) is 10.5 Å². The molecule has 1 heterocycles. The summed E-state index contributed by atoms with van der Waals surface area (Å²) in [5, 5.41) is 20.2. The maximum absolute atomic E-state index is 11.7. The fourth-order valence-electron chi connectivity index (χ4n) is 2.16. The summed E-state index contributed by atoms with van der Waals surface area (Å²) in [6.45, 7) is 1.12. The first-order valence-corrected chi connectivity index (χ1v) is 9.10. The normalized spacial score (nSPS) is 15.0. The number of amides is 1. The molecule has 1 aromatic rings. The Bertz CT molecular complexity index is 761. The Labute approximate surface area is 158 Å². The standard InChI is InChI=1S/C16H13BrN4OS2/c17-12-9-11(10-14-15(22)20-16(23)24-14)3-4-13(12)21(7-1-5-18)8-2-6-19/h3-4,9-10H,1-2,7-8H2,(H,20,22,23)/b14-10+. The fraction of sp³-hybridized carbons (Fsp3) is 0.250. The van der Waals surface area contributed by atoms with Gasteiger partial charge in [-0.15, -0.1) is 0 Å². The molecule has 1 N–H and O–H groups in total. The van der Waals surface area contributed by atoms with Gasteiger partial charge in [-0.3, -0.25) is 4.79 Å². The number of halogens is 1. The van der Waals surface area contributed by atoms with Gasteiger partial charge >= 0.3 is 0 Å². The zero-order valence-corrected chi connectivity index (χ0v) is 15.8. The number of hydrogen-bond acceptors (Lipinski definition) is 6. The van der Waals surface area contributed by atoms with Crippen LogP contribution in [0.5, 0.6) is 0 Å². The third-order valence-corrected chi connectivity index (χ3v) is 5.04. The van der Waals surface area contributed by atoms with E-state index in [0.29, 0.717) is 35.2 Å². The highest BCUT2D eigenvalue weighted by molar-refractivity contribution is 9.10. The molecule has 0 aromatic heterocycles. The summed E-state index contributed by atoms with van der Waals surface area (Å²) >= 11 is 9.75. The van der Waals surface area contributed by atoms with Crippen LogP contribution in [-0.2, 0) is 4.79 Å². The van der Waals surface area contributed by atoms with Gasteiger partial charge in [-0.2, -0.15) is 10.5 Å². The molecule has 0 unspecified atom stereocenters. The molecule has 0 bridgehead atoms. The largest absolute Gasteiger partial charge is 0.369 e. The molecule has 0 saturated carbocycles. The monoisotopic (exact) mass is 420 g/mol. The summed E-state index contributed by atoms with van der Waals surface area (Å²) in [6.07, 6.45) is 2.55. The smallest absolute Gasteiger partial charge is 0.263 e. The lowest BCUT2D eigenvalue weighted by molar-refractivity contribution is -0.115. The minimum Gasteiger partial charge on any atom is -0.369 e. The maximum Gasteiger partial charge on any atom is 0.263 e. The Morgan fingerprint density at radius 1 is 1.29 bits per heavy atom. The zero-order chi connectivity index (χ0) is 17.5. The second-order valence-electron chi connectivity index (χ2n) is 4.87. The van der Waals surface area contributed by atoms with Crippen molar-refractivity contribution in [2.75, 3.05) is 18.0 Å². The molecule has 122 valence electrons. The molecule has 1 aromatic carbocycles. The third-order valence-electron chi connectivity index (χ3n) is 3.24. The van der Waals surface area contributed by atoms with Crippen molar-refractivity contribution < 1.29 is 4.79 Å². The van der Waals surface area contributed by atoms with Crippen LogP contribution in [0.15, 0.2) is 27.6 Å². The van der Waals surface area contributed by atoms with Crippen molar-refractivity contribution in [2.45, 2.75) is 12.8 Å². The Kier molecular flexibility index (Phi) is 6.80. The van der Waals surface area contributed by atoms with Crippen LogP contribution < -0.4 is 10.2 Å². The Hall–Kier alpha value is -1.87. The number of thiocarbonyl (C=S) groups is 1. The molecule has 5 nitrogen and oxygen atoms in total. The molecule has 24 heavy (non-hydrogen) atoms. The summed E-state index contributed by atoms with van der Waals surface area (Å²) in [5.74, 6) is -0.185. The van der Waals surface area contributed by atoms with Gasteiger partial charge in [0.25, 0.3) is 5.91 Å².